The molecule has 0 aliphatic carbocycles. The maximum atomic E-state index is 12.5. The van der Waals surface area contributed by atoms with Crippen LogP contribution >= 0.6 is 0 Å². The van der Waals surface area contributed by atoms with Crippen LogP contribution in [0.1, 0.15) is 28.6 Å². The van der Waals surface area contributed by atoms with Gasteiger partial charge < -0.3 is 5.11 Å². The van der Waals surface area contributed by atoms with E-state index in [1.807, 2.05) is 0 Å². The first-order valence-electron chi connectivity index (χ1n) is 5.52. The highest BCUT2D eigenvalue weighted by Crippen LogP contribution is 2.32. The molecule has 2 rings (SSSR count). The number of alkyl halides is 3. The Morgan fingerprint density at radius 2 is 1.79 bits per heavy atom. The fraction of sp³-hybridized carbons (Fsp3) is 0.231. The Morgan fingerprint density at radius 1 is 1.16 bits per heavy atom. The highest BCUT2D eigenvalue weighted by atomic mass is 19.4. The summed E-state index contributed by atoms with van der Waals surface area (Å²) in [6.07, 6.45) is -2.60. The van der Waals surface area contributed by atoms with Gasteiger partial charge in [-0.3, -0.25) is 0 Å². The quantitative estimate of drug-likeness (QED) is 0.911. The minimum absolute atomic E-state index is 0.158. The molecule has 1 heterocycles. The minimum atomic E-state index is -4.39. The van der Waals surface area contributed by atoms with Crippen molar-refractivity contribution in [2.45, 2.75) is 19.2 Å². The van der Waals surface area contributed by atoms with E-state index in [1.165, 1.54) is 25.4 Å². The first kappa shape index (κ1) is 13.5. The van der Waals surface area contributed by atoms with E-state index in [-0.39, 0.29) is 5.82 Å². The van der Waals surface area contributed by atoms with E-state index in [0.29, 0.717) is 11.1 Å². The van der Waals surface area contributed by atoms with E-state index in [9.17, 15) is 18.3 Å². The molecule has 0 amide bonds. The van der Waals surface area contributed by atoms with Crippen molar-refractivity contribution in [3.8, 4) is 0 Å². The van der Waals surface area contributed by atoms with Gasteiger partial charge in [0.2, 0.25) is 0 Å². The number of nitrogens with zero attached hydrogens (tertiary/aromatic N) is 2. The van der Waals surface area contributed by atoms with E-state index in [4.69, 9.17) is 0 Å². The number of rotatable bonds is 2. The second kappa shape index (κ2) is 4.97. The van der Waals surface area contributed by atoms with E-state index in [2.05, 4.69) is 9.97 Å². The molecule has 1 aromatic carbocycles. The van der Waals surface area contributed by atoms with Crippen molar-refractivity contribution in [2.24, 2.45) is 0 Å². The molecule has 19 heavy (non-hydrogen) atoms. The molecule has 6 heteroatoms. The van der Waals surface area contributed by atoms with Gasteiger partial charge in [-0.05, 0) is 36.2 Å². The number of aryl methyl sites for hydroxylation is 1. The van der Waals surface area contributed by atoms with E-state index >= 15 is 0 Å². The second-order valence-corrected chi connectivity index (χ2v) is 4.08. The largest absolute Gasteiger partial charge is 0.416 e. The van der Waals surface area contributed by atoms with Crippen molar-refractivity contribution < 1.29 is 18.3 Å². The van der Waals surface area contributed by atoms with Crippen LogP contribution in [-0.4, -0.2) is 15.1 Å². The Balaban J connectivity index is 2.37. The number of aliphatic hydroxyl groups excluding tert-OH is 1. The van der Waals surface area contributed by atoms with E-state index in [1.54, 1.807) is 6.07 Å². The topological polar surface area (TPSA) is 46.0 Å². The van der Waals surface area contributed by atoms with Crippen molar-refractivity contribution in [1.82, 2.24) is 9.97 Å². The monoisotopic (exact) mass is 268 g/mol. The first-order valence-corrected chi connectivity index (χ1v) is 5.52. The van der Waals surface area contributed by atoms with Crippen LogP contribution in [0.4, 0.5) is 13.2 Å². The number of benzene rings is 1. The summed E-state index contributed by atoms with van der Waals surface area (Å²) in [4.78, 5) is 7.77. The number of aliphatic hydroxyl groups is 1. The van der Waals surface area contributed by atoms with Crippen LogP contribution < -0.4 is 0 Å². The van der Waals surface area contributed by atoms with Crippen molar-refractivity contribution in [3.05, 3.63) is 59.2 Å². The summed E-state index contributed by atoms with van der Waals surface area (Å²) < 4.78 is 37.6. The standard InChI is InChI=1S/C13H11F3N2O/c1-8-7-9(13(14,15)16)3-4-10(8)11(19)12-17-5-2-6-18-12/h2-7,11,19H,1H3. The third kappa shape index (κ3) is 2.90. The first-order chi connectivity index (χ1) is 8.89. The van der Waals surface area contributed by atoms with Gasteiger partial charge in [-0.2, -0.15) is 13.2 Å². The molecule has 2 aromatic rings. The predicted octanol–water partition coefficient (Wildman–Crippen LogP) is 2.89. The average molecular weight is 268 g/mol. The van der Waals surface area contributed by atoms with Gasteiger partial charge in [0.25, 0.3) is 0 Å². The molecule has 0 saturated heterocycles. The summed E-state index contributed by atoms with van der Waals surface area (Å²) in [5.74, 6) is 0.158. The van der Waals surface area contributed by atoms with Crippen molar-refractivity contribution in [2.75, 3.05) is 0 Å². The third-order valence-electron chi connectivity index (χ3n) is 2.72. The van der Waals surface area contributed by atoms with E-state index < -0.39 is 17.8 Å². The zero-order valence-corrected chi connectivity index (χ0v) is 10.0. The van der Waals surface area contributed by atoms with Crippen LogP contribution in [-0.2, 0) is 6.18 Å². The lowest BCUT2D eigenvalue weighted by Gasteiger charge is -2.14. The average Bonchev–Trinajstić information content (AvgIpc) is 2.38. The fourth-order valence-corrected chi connectivity index (χ4v) is 1.75. The molecule has 0 aliphatic heterocycles. The Labute approximate surface area is 107 Å². The second-order valence-electron chi connectivity index (χ2n) is 4.08. The van der Waals surface area contributed by atoms with Crippen molar-refractivity contribution in [1.29, 1.82) is 0 Å². The van der Waals surface area contributed by atoms with Crippen LogP contribution in [0.2, 0.25) is 0 Å². The zero-order valence-electron chi connectivity index (χ0n) is 10.0. The number of hydrogen-bond acceptors (Lipinski definition) is 3. The van der Waals surface area contributed by atoms with Crippen LogP contribution in [0.15, 0.2) is 36.7 Å². The number of hydrogen-bond donors (Lipinski definition) is 1. The molecule has 0 saturated carbocycles. The molecule has 0 aliphatic rings. The summed E-state index contributed by atoms with van der Waals surface area (Å²) in [7, 11) is 0. The Kier molecular flexibility index (Phi) is 3.53. The molecule has 100 valence electrons. The van der Waals surface area contributed by atoms with Crippen LogP contribution in [0.25, 0.3) is 0 Å². The zero-order chi connectivity index (χ0) is 14.0. The lowest BCUT2D eigenvalue weighted by molar-refractivity contribution is -0.137. The minimum Gasteiger partial charge on any atom is -0.380 e. The van der Waals surface area contributed by atoms with Gasteiger partial charge in [-0.15, -0.1) is 0 Å². The molecular weight excluding hydrogens is 257 g/mol. The van der Waals surface area contributed by atoms with E-state index in [0.717, 1.165) is 12.1 Å². The third-order valence-corrected chi connectivity index (χ3v) is 2.72. The van der Waals surface area contributed by atoms with Gasteiger partial charge in [0, 0.05) is 12.4 Å². The smallest absolute Gasteiger partial charge is 0.380 e. The molecule has 0 spiro atoms. The summed E-state index contributed by atoms with van der Waals surface area (Å²) in [6.45, 7) is 1.51. The maximum Gasteiger partial charge on any atom is 0.416 e. The van der Waals surface area contributed by atoms with Gasteiger partial charge in [0.05, 0.1) is 5.56 Å². The van der Waals surface area contributed by atoms with Gasteiger partial charge in [-0.1, -0.05) is 6.07 Å². The van der Waals surface area contributed by atoms with Gasteiger partial charge >= 0.3 is 6.18 Å². The van der Waals surface area contributed by atoms with Crippen molar-refractivity contribution >= 4 is 0 Å². The lowest BCUT2D eigenvalue weighted by atomic mass is 10.00. The molecule has 1 unspecified atom stereocenters. The summed E-state index contributed by atoms with van der Waals surface area (Å²) in [5.41, 5.74) is -0.0380. The molecule has 0 radical (unpaired) electrons. The summed E-state index contributed by atoms with van der Waals surface area (Å²) in [5, 5.41) is 10.1. The van der Waals surface area contributed by atoms with Crippen molar-refractivity contribution in [3.63, 3.8) is 0 Å². The predicted molar refractivity (Wildman–Crippen MR) is 62.3 cm³/mol. The summed E-state index contributed by atoms with van der Waals surface area (Å²) in [6, 6.07) is 4.78. The van der Waals surface area contributed by atoms with Gasteiger partial charge in [0.1, 0.15) is 6.10 Å². The fourth-order valence-electron chi connectivity index (χ4n) is 1.75. The Hall–Kier alpha value is -1.95. The molecule has 1 aromatic heterocycles. The van der Waals surface area contributed by atoms with Gasteiger partial charge in [0.15, 0.2) is 5.82 Å². The molecule has 1 N–H and O–H groups in total. The molecule has 0 fully saturated rings. The normalized spacial score (nSPS) is 13.3. The lowest BCUT2D eigenvalue weighted by Crippen LogP contribution is -2.09. The Bertz CT molecular complexity index is 570. The number of aromatic nitrogens is 2. The SMILES string of the molecule is Cc1cc(C(F)(F)F)ccc1C(O)c1ncccn1. The highest BCUT2D eigenvalue weighted by molar-refractivity contribution is 5.36. The highest BCUT2D eigenvalue weighted by Gasteiger charge is 2.31. The number of halogens is 3. The maximum absolute atomic E-state index is 12.5. The molecule has 0 bridgehead atoms. The summed E-state index contributed by atoms with van der Waals surface area (Å²) >= 11 is 0. The molecular formula is C13H11F3N2O. The van der Waals surface area contributed by atoms with Gasteiger partial charge in [-0.25, -0.2) is 9.97 Å². The molecule has 1 atom stereocenters. The molecule has 3 nitrogen and oxygen atoms in total. The van der Waals surface area contributed by atoms with Crippen LogP contribution in [0.5, 0.6) is 0 Å². The van der Waals surface area contributed by atoms with Crippen LogP contribution in [0, 0.1) is 6.92 Å². The van der Waals surface area contributed by atoms with Crippen LogP contribution in [0.3, 0.4) is 0 Å². The Morgan fingerprint density at radius 3 is 2.32 bits per heavy atom.